The van der Waals surface area contributed by atoms with Crippen molar-refractivity contribution in [2.75, 3.05) is 19.8 Å². The molecule has 0 heterocycles. The number of nitrogens with one attached hydrogen (secondary N) is 1. The van der Waals surface area contributed by atoms with Crippen molar-refractivity contribution in [1.29, 1.82) is 0 Å². The zero-order valence-corrected chi connectivity index (χ0v) is 8.80. The van der Waals surface area contributed by atoms with Crippen LogP contribution >= 0.6 is 0 Å². The van der Waals surface area contributed by atoms with Crippen LogP contribution in [0.2, 0.25) is 0 Å². The third-order valence-electron chi connectivity index (χ3n) is 1.86. The van der Waals surface area contributed by atoms with Crippen LogP contribution in [0.3, 0.4) is 0 Å². The fourth-order valence-electron chi connectivity index (χ4n) is 0.680. The average Bonchev–Trinajstić information content (AvgIpc) is 2.14. The van der Waals surface area contributed by atoms with E-state index < -0.39 is 0 Å². The third kappa shape index (κ3) is 6.46. The lowest BCUT2D eigenvalue weighted by molar-refractivity contribution is -0.125. The Morgan fingerprint density at radius 1 is 1.71 bits per heavy atom. The van der Waals surface area contributed by atoms with Gasteiger partial charge < -0.3 is 15.8 Å². The van der Waals surface area contributed by atoms with Gasteiger partial charge in [-0.05, 0) is 13.3 Å². The second-order valence-electron chi connectivity index (χ2n) is 3.48. The van der Waals surface area contributed by atoms with E-state index in [2.05, 4.69) is 11.2 Å². The second kappa shape index (κ2) is 6.41. The smallest absolute Gasteiger partial charge is 0.246 e. The summed E-state index contributed by atoms with van der Waals surface area (Å²) in [4.78, 5) is 11.0. The molecule has 0 aliphatic heterocycles. The number of amides is 1. The predicted octanol–water partition coefficient (Wildman–Crippen LogP) is -0.120. The van der Waals surface area contributed by atoms with Crippen molar-refractivity contribution in [2.24, 2.45) is 5.73 Å². The number of terminal acetylenes is 1. The molecule has 0 bridgehead atoms. The molecule has 1 amide bonds. The first-order valence-corrected chi connectivity index (χ1v) is 4.58. The van der Waals surface area contributed by atoms with Gasteiger partial charge in [0.15, 0.2) is 0 Å². The van der Waals surface area contributed by atoms with Crippen molar-refractivity contribution < 1.29 is 9.53 Å². The zero-order chi connectivity index (χ0) is 11.0. The quantitative estimate of drug-likeness (QED) is 0.585. The van der Waals surface area contributed by atoms with Crippen molar-refractivity contribution >= 4 is 5.91 Å². The molecule has 0 aliphatic carbocycles. The minimum absolute atomic E-state index is 0.00840. The summed E-state index contributed by atoms with van der Waals surface area (Å²) in [6.45, 7) is 4.46. The van der Waals surface area contributed by atoms with E-state index in [4.69, 9.17) is 16.9 Å². The van der Waals surface area contributed by atoms with Gasteiger partial charge in [-0.3, -0.25) is 4.79 Å². The van der Waals surface area contributed by atoms with Gasteiger partial charge in [0.25, 0.3) is 0 Å². The Balaban J connectivity index is 3.55. The first-order chi connectivity index (χ1) is 6.52. The molecule has 80 valence electrons. The number of hydrogen-bond acceptors (Lipinski definition) is 3. The van der Waals surface area contributed by atoms with Crippen LogP contribution in [0.5, 0.6) is 0 Å². The van der Waals surface area contributed by atoms with Gasteiger partial charge in [-0.1, -0.05) is 12.8 Å². The molecule has 3 N–H and O–H groups in total. The second-order valence-corrected chi connectivity index (χ2v) is 3.48. The zero-order valence-electron chi connectivity index (χ0n) is 8.80. The maximum atomic E-state index is 11.0. The molecular weight excluding hydrogens is 180 g/mol. The molecule has 1 unspecified atom stereocenters. The van der Waals surface area contributed by atoms with E-state index >= 15 is 0 Å². The minimum atomic E-state index is -0.369. The third-order valence-corrected chi connectivity index (χ3v) is 1.86. The molecule has 14 heavy (non-hydrogen) atoms. The number of nitrogens with two attached hydrogens (primary N) is 1. The highest BCUT2D eigenvalue weighted by atomic mass is 16.5. The summed E-state index contributed by atoms with van der Waals surface area (Å²) in [6.07, 6.45) is 5.78. The van der Waals surface area contributed by atoms with Crippen molar-refractivity contribution in [3.63, 3.8) is 0 Å². The van der Waals surface area contributed by atoms with E-state index in [1.165, 1.54) is 0 Å². The van der Waals surface area contributed by atoms with Gasteiger partial charge in [-0.25, -0.2) is 0 Å². The van der Waals surface area contributed by atoms with Crippen LogP contribution in [0.25, 0.3) is 0 Å². The molecule has 0 aromatic rings. The van der Waals surface area contributed by atoms with Gasteiger partial charge in [0.2, 0.25) is 5.91 Å². The van der Waals surface area contributed by atoms with E-state index in [1.807, 2.05) is 13.8 Å². The number of hydrogen-bond donors (Lipinski definition) is 2. The highest BCUT2D eigenvalue weighted by Gasteiger charge is 2.15. The van der Waals surface area contributed by atoms with Crippen LogP contribution in [0, 0.1) is 12.3 Å². The summed E-state index contributed by atoms with van der Waals surface area (Å²) in [7, 11) is 0. The van der Waals surface area contributed by atoms with E-state index in [-0.39, 0.29) is 24.6 Å². The lowest BCUT2D eigenvalue weighted by Crippen LogP contribution is -2.41. The Kier molecular flexibility index (Phi) is 5.93. The first-order valence-electron chi connectivity index (χ1n) is 4.58. The van der Waals surface area contributed by atoms with Gasteiger partial charge in [-0.2, -0.15) is 0 Å². The largest absolute Gasteiger partial charge is 0.370 e. The predicted molar refractivity (Wildman–Crippen MR) is 55.5 cm³/mol. The maximum absolute atomic E-state index is 11.0. The Bertz CT molecular complexity index is 219. The molecule has 0 saturated carbocycles. The van der Waals surface area contributed by atoms with Crippen molar-refractivity contribution in [3.05, 3.63) is 0 Å². The highest BCUT2D eigenvalue weighted by molar-refractivity contribution is 5.77. The standard InChI is InChI=1S/C10H18N2O2/c1-4-6-12-9(13)7-14-8-10(3,11)5-2/h1H,5-8,11H2,2-3H3,(H,12,13). The number of carbonyl (C=O) groups is 1. The molecule has 0 spiro atoms. The molecule has 0 saturated heterocycles. The Morgan fingerprint density at radius 2 is 2.36 bits per heavy atom. The molecule has 0 rings (SSSR count). The summed E-state index contributed by atoms with van der Waals surface area (Å²) in [5.41, 5.74) is 5.44. The summed E-state index contributed by atoms with van der Waals surface area (Å²) < 4.78 is 5.14. The molecule has 4 nitrogen and oxygen atoms in total. The summed E-state index contributed by atoms with van der Waals surface area (Å²) >= 11 is 0. The Labute approximate surface area is 85.2 Å². The van der Waals surface area contributed by atoms with E-state index in [0.29, 0.717) is 6.61 Å². The molecule has 0 aromatic carbocycles. The normalized spacial score (nSPS) is 14.1. The van der Waals surface area contributed by atoms with Gasteiger partial charge in [-0.15, -0.1) is 6.42 Å². The van der Waals surface area contributed by atoms with Gasteiger partial charge in [0, 0.05) is 5.54 Å². The SMILES string of the molecule is C#CCNC(=O)COCC(C)(N)CC. The van der Waals surface area contributed by atoms with Crippen molar-refractivity contribution in [1.82, 2.24) is 5.32 Å². The average molecular weight is 198 g/mol. The van der Waals surface area contributed by atoms with E-state index in [1.54, 1.807) is 0 Å². The van der Waals surface area contributed by atoms with Gasteiger partial charge >= 0.3 is 0 Å². The number of carbonyl (C=O) groups excluding carboxylic acids is 1. The maximum Gasteiger partial charge on any atom is 0.246 e. The first kappa shape index (κ1) is 12.9. The van der Waals surface area contributed by atoms with Crippen LogP contribution in [-0.2, 0) is 9.53 Å². The lowest BCUT2D eigenvalue weighted by atomic mass is 10.0. The van der Waals surface area contributed by atoms with Crippen molar-refractivity contribution in [3.8, 4) is 12.3 Å². The number of ether oxygens (including phenoxy) is 1. The minimum Gasteiger partial charge on any atom is -0.370 e. The van der Waals surface area contributed by atoms with Crippen LogP contribution in [0.15, 0.2) is 0 Å². The van der Waals surface area contributed by atoms with E-state index in [9.17, 15) is 4.79 Å². The van der Waals surface area contributed by atoms with Crippen LogP contribution in [-0.4, -0.2) is 31.2 Å². The molecule has 1 atom stereocenters. The fourth-order valence-corrected chi connectivity index (χ4v) is 0.680. The van der Waals surface area contributed by atoms with Crippen LogP contribution in [0.4, 0.5) is 0 Å². The number of rotatable bonds is 6. The molecule has 0 aliphatic rings. The Morgan fingerprint density at radius 3 is 2.86 bits per heavy atom. The van der Waals surface area contributed by atoms with Crippen LogP contribution < -0.4 is 11.1 Å². The fraction of sp³-hybridized carbons (Fsp3) is 0.700. The molecular formula is C10H18N2O2. The summed E-state index contributed by atoms with van der Waals surface area (Å²) in [6, 6.07) is 0. The Hall–Kier alpha value is -1.05. The van der Waals surface area contributed by atoms with Gasteiger partial charge in [0.05, 0.1) is 13.2 Å². The summed E-state index contributed by atoms with van der Waals surface area (Å²) in [5.74, 6) is 2.09. The topological polar surface area (TPSA) is 64.3 Å². The lowest BCUT2D eigenvalue weighted by Gasteiger charge is -2.21. The monoisotopic (exact) mass is 198 g/mol. The molecule has 0 aromatic heterocycles. The van der Waals surface area contributed by atoms with Crippen LogP contribution in [0.1, 0.15) is 20.3 Å². The van der Waals surface area contributed by atoms with Crippen molar-refractivity contribution in [2.45, 2.75) is 25.8 Å². The highest BCUT2D eigenvalue weighted by Crippen LogP contribution is 2.04. The van der Waals surface area contributed by atoms with Gasteiger partial charge in [0.1, 0.15) is 6.61 Å². The molecule has 0 radical (unpaired) electrons. The molecule has 0 fully saturated rings. The van der Waals surface area contributed by atoms with E-state index in [0.717, 1.165) is 6.42 Å². The summed E-state index contributed by atoms with van der Waals surface area (Å²) in [5, 5.41) is 2.50. The molecule has 4 heteroatoms.